The topological polar surface area (TPSA) is 46.1 Å². The van der Waals surface area contributed by atoms with Crippen molar-refractivity contribution >= 4 is 28.0 Å². The number of benzene rings is 1. The molecule has 122 valence electrons. The molecule has 0 N–H and O–H groups in total. The van der Waals surface area contributed by atoms with Crippen molar-refractivity contribution in [1.29, 1.82) is 0 Å². The van der Waals surface area contributed by atoms with Gasteiger partial charge in [0.1, 0.15) is 4.88 Å². The van der Waals surface area contributed by atoms with Crippen LogP contribution in [-0.4, -0.2) is 33.9 Å². The van der Waals surface area contributed by atoms with E-state index in [9.17, 15) is 4.79 Å². The monoisotopic (exact) mass is 337 g/mol. The molecule has 1 unspecified atom stereocenters. The van der Waals surface area contributed by atoms with Gasteiger partial charge in [-0.05, 0) is 36.1 Å². The van der Waals surface area contributed by atoms with E-state index in [1.807, 2.05) is 23.4 Å². The van der Waals surface area contributed by atoms with Crippen molar-refractivity contribution in [3.63, 3.8) is 0 Å². The number of carbonyl (C=O) groups is 1. The van der Waals surface area contributed by atoms with E-state index in [2.05, 4.69) is 28.2 Å². The van der Waals surface area contributed by atoms with Gasteiger partial charge in [0.25, 0.3) is 5.91 Å². The molecule has 0 bridgehead atoms. The molecule has 24 heavy (non-hydrogen) atoms. The van der Waals surface area contributed by atoms with Gasteiger partial charge in [-0.1, -0.05) is 24.3 Å². The number of hydrogen-bond acceptors (Lipinski definition) is 4. The molecule has 5 heteroatoms. The van der Waals surface area contributed by atoms with Crippen LogP contribution < -0.4 is 0 Å². The van der Waals surface area contributed by atoms with Crippen molar-refractivity contribution < 1.29 is 4.79 Å². The van der Waals surface area contributed by atoms with E-state index < -0.39 is 0 Å². The first kappa shape index (κ1) is 15.3. The number of likely N-dealkylation sites (tertiary alicyclic amines) is 1. The molecule has 0 spiro atoms. The minimum absolute atomic E-state index is 0.123. The number of pyridine rings is 1. The largest absolute Gasteiger partial charge is 0.338 e. The van der Waals surface area contributed by atoms with Crippen molar-refractivity contribution in [3.05, 3.63) is 58.8 Å². The van der Waals surface area contributed by atoms with Crippen molar-refractivity contribution in [2.45, 2.75) is 19.3 Å². The van der Waals surface area contributed by atoms with Crippen LogP contribution in [0.4, 0.5) is 0 Å². The standard InChI is InChI=1S/C19H19N3OS/c23-19(18-11-21-13-24-18)22-7-3-4-14(12-22)8-16-10-20-9-15-5-1-2-6-17(15)16/h1-2,5-6,9-11,13-14H,3-4,7-8,12H2. The Morgan fingerprint density at radius 3 is 3.00 bits per heavy atom. The molecule has 1 aliphatic rings. The SMILES string of the molecule is O=C(c1cncs1)N1CCCC(Cc2cncc3ccccc23)C1. The highest BCUT2D eigenvalue weighted by Gasteiger charge is 2.25. The Balaban J connectivity index is 1.51. The van der Waals surface area contributed by atoms with Gasteiger partial charge in [0, 0.05) is 30.9 Å². The molecule has 3 aromatic rings. The number of amides is 1. The molecule has 1 amide bonds. The van der Waals surface area contributed by atoms with Gasteiger partial charge in [0.2, 0.25) is 0 Å². The molecule has 1 aromatic carbocycles. The Labute approximate surface area is 145 Å². The average molecular weight is 337 g/mol. The van der Waals surface area contributed by atoms with Gasteiger partial charge >= 0.3 is 0 Å². The first-order chi connectivity index (χ1) is 11.8. The Bertz CT molecular complexity index is 841. The van der Waals surface area contributed by atoms with Crippen LogP contribution in [0.3, 0.4) is 0 Å². The predicted octanol–water partition coefficient (Wildman–Crippen LogP) is 3.79. The van der Waals surface area contributed by atoms with Crippen LogP contribution in [-0.2, 0) is 6.42 Å². The summed E-state index contributed by atoms with van der Waals surface area (Å²) in [6.45, 7) is 1.67. The summed E-state index contributed by atoms with van der Waals surface area (Å²) in [5.41, 5.74) is 3.00. The molecule has 1 saturated heterocycles. The third-order valence-corrected chi connectivity index (χ3v) is 5.47. The van der Waals surface area contributed by atoms with Crippen molar-refractivity contribution in [3.8, 4) is 0 Å². The molecule has 3 heterocycles. The van der Waals surface area contributed by atoms with Gasteiger partial charge in [-0.15, -0.1) is 11.3 Å². The van der Waals surface area contributed by atoms with Crippen molar-refractivity contribution in [2.24, 2.45) is 5.92 Å². The fraction of sp³-hybridized carbons (Fsp3) is 0.316. The van der Waals surface area contributed by atoms with E-state index in [-0.39, 0.29) is 5.91 Å². The van der Waals surface area contributed by atoms with Crippen LogP contribution in [0.15, 0.2) is 48.4 Å². The lowest BCUT2D eigenvalue weighted by atomic mass is 9.90. The van der Waals surface area contributed by atoms with Crippen LogP contribution >= 0.6 is 11.3 Å². The summed E-state index contributed by atoms with van der Waals surface area (Å²) in [6.07, 6.45) is 8.76. The molecule has 1 atom stereocenters. The number of rotatable bonds is 3. The first-order valence-electron chi connectivity index (χ1n) is 8.30. The fourth-order valence-corrected chi connectivity index (χ4v) is 4.13. The van der Waals surface area contributed by atoms with Crippen LogP contribution in [0.5, 0.6) is 0 Å². The molecule has 0 saturated carbocycles. The van der Waals surface area contributed by atoms with Gasteiger partial charge in [0.05, 0.1) is 11.7 Å². The number of piperidine rings is 1. The molecule has 1 fully saturated rings. The normalized spacial score (nSPS) is 18.0. The Hall–Kier alpha value is -2.27. The molecule has 2 aromatic heterocycles. The maximum atomic E-state index is 12.6. The molecule has 4 nitrogen and oxygen atoms in total. The van der Waals surface area contributed by atoms with Crippen LogP contribution in [0, 0.1) is 5.92 Å². The summed E-state index contributed by atoms with van der Waals surface area (Å²) < 4.78 is 0. The van der Waals surface area contributed by atoms with E-state index in [0.717, 1.165) is 37.2 Å². The Morgan fingerprint density at radius 2 is 2.12 bits per heavy atom. The molecular weight excluding hydrogens is 318 g/mol. The molecule has 0 radical (unpaired) electrons. The summed E-state index contributed by atoms with van der Waals surface area (Å²) >= 11 is 1.42. The zero-order valence-electron chi connectivity index (χ0n) is 13.4. The second-order valence-corrected chi connectivity index (χ2v) is 7.24. The van der Waals surface area contributed by atoms with Gasteiger partial charge in [-0.3, -0.25) is 14.8 Å². The number of thiazole rings is 1. The maximum absolute atomic E-state index is 12.6. The lowest BCUT2D eigenvalue weighted by molar-refractivity contribution is 0.0678. The predicted molar refractivity (Wildman–Crippen MR) is 96.2 cm³/mol. The quantitative estimate of drug-likeness (QED) is 0.730. The number of aromatic nitrogens is 2. The van der Waals surface area contributed by atoms with Gasteiger partial charge < -0.3 is 4.90 Å². The summed E-state index contributed by atoms with van der Waals surface area (Å²) in [5, 5.41) is 2.46. The third-order valence-electron chi connectivity index (χ3n) is 4.71. The smallest absolute Gasteiger partial charge is 0.265 e. The molecule has 1 aliphatic heterocycles. The zero-order chi connectivity index (χ0) is 16.4. The lowest BCUT2D eigenvalue weighted by Gasteiger charge is -2.32. The Kier molecular flexibility index (Phi) is 4.26. The summed E-state index contributed by atoms with van der Waals surface area (Å²) in [5.74, 6) is 0.612. The lowest BCUT2D eigenvalue weighted by Crippen LogP contribution is -2.40. The van der Waals surface area contributed by atoms with E-state index in [4.69, 9.17) is 0 Å². The van der Waals surface area contributed by atoms with E-state index in [0.29, 0.717) is 5.92 Å². The molecule has 0 aliphatic carbocycles. The third kappa shape index (κ3) is 3.04. The maximum Gasteiger partial charge on any atom is 0.265 e. The van der Waals surface area contributed by atoms with Crippen LogP contribution in [0.2, 0.25) is 0 Å². The van der Waals surface area contributed by atoms with Gasteiger partial charge in [0.15, 0.2) is 0 Å². The number of nitrogens with zero attached hydrogens (tertiary/aromatic N) is 3. The summed E-state index contributed by atoms with van der Waals surface area (Å²) in [4.78, 5) is 23.7. The minimum Gasteiger partial charge on any atom is -0.338 e. The first-order valence-corrected chi connectivity index (χ1v) is 9.18. The van der Waals surface area contributed by atoms with Gasteiger partial charge in [-0.25, -0.2) is 0 Å². The fourth-order valence-electron chi connectivity index (χ4n) is 3.55. The highest BCUT2D eigenvalue weighted by molar-refractivity contribution is 7.11. The van der Waals surface area contributed by atoms with Crippen LogP contribution in [0.1, 0.15) is 28.1 Å². The average Bonchev–Trinajstić information content (AvgIpc) is 3.16. The zero-order valence-corrected chi connectivity index (χ0v) is 14.2. The van der Waals surface area contributed by atoms with Crippen molar-refractivity contribution in [2.75, 3.05) is 13.1 Å². The minimum atomic E-state index is 0.123. The highest BCUT2D eigenvalue weighted by atomic mass is 32.1. The van der Waals surface area contributed by atoms with E-state index >= 15 is 0 Å². The second-order valence-electron chi connectivity index (χ2n) is 6.35. The van der Waals surface area contributed by atoms with E-state index in [1.165, 1.54) is 27.7 Å². The number of hydrogen-bond donors (Lipinski definition) is 0. The molecule has 4 rings (SSSR count). The number of fused-ring (bicyclic) bond motifs is 1. The highest BCUT2D eigenvalue weighted by Crippen LogP contribution is 2.26. The van der Waals surface area contributed by atoms with Gasteiger partial charge in [-0.2, -0.15) is 0 Å². The van der Waals surface area contributed by atoms with Crippen LogP contribution in [0.25, 0.3) is 10.8 Å². The Morgan fingerprint density at radius 1 is 1.21 bits per heavy atom. The van der Waals surface area contributed by atoms with E-state index in [1.54, 1.807) is 11.7 Å². The van der Waals surface area contributed by atoms with Crippen molar-refractivity contribution in [1.82, 2.24) is 14.9 Å². The summed E-state index contributed by atoms with van der Waals surface area (Å²) in [6, 6.07) is 8.39. The molecular formula is C19H19N3OS. The number of carbonyl (C=O) groups excluding carboxylic acids is 1. The second kappa shape index (κ2) is 6.69. The summed E-state index contributed by atoms with van der Waals surface area (Å²) in [7, 11) is 0.